The molecule has 1 aliphatic heterocycles. The summed E-state index contributed by atoms with van der Waals surface area (Å²) < 4.78 is 11.5. The molecule has 1 aliphatic carbocycles. The lowest BCUT2D eigenvalue weighted by molar-refractivity contribution is -0.0502. The Hall–Kier alpha value is -0.120. The number of rotatable bonds is 7. The minimum atomic E-state index is 0.282. The van der Waals surface area contributed by atoms with E-state index < -0.39 is 0 Å². The Balaban J connectivity index is 1.71. The SMILES string of the molecule is COCCNCC(C)(C)CC1CCC2(CCCC2)O1. The summed E-state index contributed by atoms with van der Waals surface area (Å²) in [6, 6.07) is 0. The van der Waals surface area contributed by atoms with E-state index in [-0.39, 0.29) is 5.60 Å². The zero-order chi connectivity index (χ0) is 13.8. The topological polar surface area (TPSA) is 30.5 Å². The molecule has 0 amide bonds. The van der Waals surface area contributed by atoms with E-state index in [1.165, 1.54) is 44.9 Å². The lowest BCUT2D eigenvalue weighted by atomic mass is 9.85. The van der Waals surface area contributed by atoms with Crippen LogP contribution in [0.2, 0.25) is 0 Å². The van der Waals surface area contributed by atoms with E-state index in [1.54, 1.807) is 7.11 Å². The third-order valence-electron chi connectivity index (χ3n) is 4.72. The highest BCUT2D eigenvalue weighted by molar-refractivity contribution is 4.94. The largest absolute Gasteiger partial charge is 0.383 e. The summed E-state index contributed by atoms with van der Waals surface area (Å²) in [5.41, 5.74) is 0.590. The van der Waals surface area contributed by atoms with Gasteiger partial charge in [-0.3, -0.25) is 0 Å². The van der Waals surface area contributed by atoms with E-state index in [9.17, 15) is 0 Å². The molecule has 1 atom stereocenters. The third-order valence-corrected chi connectivity index (χ3v) is 4.72. The molecule has 19 heavy (non-hydrogen) atoms. The van der Waals surface area contributed by atoms with Crippen molar-refractivity contribution in [1.29, 1.82) is 0 Å². The van der Waals surface area contributed by atoms with Gasteiger partial charge in [0.25, 0.3) is 0 Å². The number of nitrogens with one attached hydrogen (secondary N) is 1. The van der Waals surface area contributed by atoms with Crippen molar-refractivity contribution in [3.8, 4) is 0 Å². The molecule has 2 fully saturated rings. The molecule has 1 unspecified atom stereocenters. The fraction of sp³-hybridized carbons (Fsp3) is 1.00. The molecule has 0 aromatic rings. The molecular weight excluding hydrogens is 238 g/mol. The quantitative estimate of drug-likeness (QED) is 0.720. The zero-order valence-corrected chi connectivity index (χ0v) is 13.0. The minimum Gasteiger partial charge on any atom is -0.383 e. The summed E-state index contributed by atoms with van der Waals surface area (Å²) in [5.74, 6) is 0. The molecule has 112 valence electrons. The predicted molar refractivity (Wildman–Crippen MR) is 78.4 cm³/mol. The number of ether oxygens (including phenoxy) is 2. The fourth-order valence-corrected chi connectivity index (χ4v) is 3.72. The molecule has 1 spiro atoms. The second-order valence-electron chi connectivity index (χ2n) is 7.21. The normalized spacial score (nSPS) is 26.4. The summed E-state index contributed by atoms with van der Waals surface area (Å²) in [5, 5.41) is 3.48. The summed E-state index contributed by atoms with van der Waals surface area (Å²) in [6.07, 6.45) is 9.56. The molecule has 0 aromatic carbocycles. The molecule has 2 aliphatic rings. The van der Waals surface area contributed by atoms with Gasteiger partial charge in [-0.25, -0.2) is 0 Å². The second-order valence-corrected chi connectivity index (χ2v) is 7.21. The van der Waals surface area contributed by atoms with E-state index in [1.807, 2.05) is 0 Å². The Kier molecular flexibility index (Phi) is 5.27. The Bertz CT molecular complexity index is 272. The molecule has 0 bridgehead atoms. The van der Waals surface area contributed by atoms with Gasteiger partial charge in [-0.15, -0.1) is 0 Å². The van der Waals surface area contributed by atoms with Crippen LogP contribution in [-0.2, 0) is 9.47 Å². The molecule has 2 rings (SSSR count). The van der Waals surface area contributed by atoms with Crippen LogP contribution >= 0.6 is 0 Å². The van der Waals surface area contributed by atoms with E-state index in [0.29, 0.717) is 11.5 Å². The lowest BCUT2D eigenvalue weighted by Gasteiger charge is -2.30. The zero-order valence-electron chi connectivity index (χ0n) is 13.0. The van der Waals surface area contributed by atoms with Crippen LogP contribution in [0.15, 0.2) is 0 Å². The van der Waals surface area contributed by atoms with Gasteiger partial charge in [-0.2, -0.15) is 0 Å². The molecular formula is C16H31NO2. The monoisotopic (exact) mass is 269 g/mol. The maximum Gasteiger partial charge on any atom is 0.0687 e. The van der Waals surface area contributed by atoms with Gasteiger partial charge < -0.3 is 14.8 Å². The van der Waals surface area contributed by atoms with Crippen LogP contribution in [0.1, 0.15) is 58.8 Å². The van der Waals surface area contributed by atoms with Crippen molar-refractivity contribution in [1.82, 2.24) is 5.32 Å². The Morgan fingerprint density at radius 3 is 2.68 bits per heavy atom. The second kappa shape index (κ2) is 6.55. The molecule has 3 heteroatoms. The van der Waals surface area contributed by atoms with E-state index in [0.717, 1.165) is 19.7 Å². The van der Waals surface area contributed by atoms with Gasteiger partial charge in [0.15, 0.2) is 0 Å². The highest BCUT2D eigenvalue weighted by Crippen LogP contribution is 2.45. The standard InChI is InChI=1S/C16H31NO2/c1-15(2,13-17-10-11-18-3)12-14-6-9-16(19-14)7-4-5-8-16/h14,17H,4-13H2,1-3H3. The van der Waals surface area contributed by atoms with Crippen molar-refractivity contribution in [3.05, 3.63) is 0 Å². The first-order valence-corrected chi connectivity index (χ1v) is 7.93. The molecule has 1 N–H and O–H groups in total. The van der Waals surface area contributed by atoms with Crippen LogP contribution in [-0.4, -0.2) is 38.5 Å². The number of hydrogen-bond donors (Lipinski definition) is 1. The number of methoxy groups -OCH3 is 1. The summed E-state index contributed by atoms with van der Waals surface area (Å²) in [7, 11) is 1.75. The van der Waals surface area contributed by atoms with Crippen molar-refractivity contribution >= 4 is 0 Å². The van der Waals surface area contributed by atoms with E-state index in [4.69, 9.17) is 9.47 Å². The van der Waals surface area contributed by atoms with Crippen molar-refractivity contribution in [2.24, 2.45) is 5.41 Å². The molecule has 3 nitrogen and oxygen atoms in total. The molecule has 1 saturated heterocycles. The van der Waals surface area contributed by atoms with Gasteiger partial charge in [0.2, 0.25) is 0 Å². The lowest BCUT2D eigenvalue weighted by Crippen LogP contribution is -2.35. The van der Waals surface area contributed by atoms with Crippen LogP contribution in [0, 0.1) is 5.41 Å². The van der Waals surface area contributed by atoms with Gasteiger partial charge in [-0.05, 0) is 37.5 Å². The molecule has 0 radical (unpaired) electrons. The molecule has 0 aromatic heterocycles. The highest BCUT2D eigenvalue weighted by atomic mass is 16.5. The van der Waals surface area contributed by atoms with Gasteiger partial charge >= 0.3 is 0 Å². The van der Waals surface area contributed by atoms with Crippen molar-refractivity contribution in [2.45, 2.75) is 70.5 Å². The maximum absolute atomic E-state index is 6.42. The average molecular weight is 269 g/mol. The van der Waals surface area contributed by atoms with Crippen molar-refractivity contribution in [2.75, 3.05) is 26.8 Å². The van der Waals surface area contributed by atoms with Crippen LogP contribution < -0.4 is 5.32 Å². The van der Waals surface area contributed by atoms with Crippen LogP contribution in [0.3, 0.4) is 0 Å². The van der Waals surface area contributed by atoms with Gasteiger partial charge in [-0.1, -0.05) is 26.7 Å². The number of hydrogen-bond acceptors (Lipinski definition) is 3. The first-order chi connectivity index (χ1) is 9.05. The highest BCUT2D eigenvalue weighted by Gasteiger charge is 2.43. The van der Waals surface area contributed by atoms with Crippen LogP contribution in [0.5, 0.6) is 0 Å². The van der Waals surface area contributed by atoms with Crippen LogP contribution in [0.4, 0.5) is 0 Å². The average Bonchev–Trinajstić information content (AvgIpc) is 2.96. The third kappa shape index (κ3) is 4.44. The first-order valence-electron chi connectivity index (χ1n) is 7.93. The van der Waals surface area contributed by atoms with Gasteiger partial charge in [0, 0.05) is 20.2 Å². The van der Waals surface area contributed by atoms with E-state index >= 15 is 0 Å². The Morgan fingerprint density at radius 2 is 2.00 bits per heavy atom. The summed E-state index contributed by atoms with van der Waals surface area (Å²) in [6.45, 7) is 7.46. The minimum absolute atomic E-state index is 0.282. The predicted octanol–water partition coefficient (Wildman–Crippen LogP) is 3.13. The maximum atomic E-state index is 6.42. The Morgan fingerprint density at radius 1 is 1.26 bits per heavy atom. The van der Waals surface area contributed by atoms with Gasteiger partial charge in [0.1, 0.15) is 0 Å². The smallest absolute Gasteiger partial charge is 0.0687 e. The first kappa shape index (κ1) is 15.3. The van der Waals surface area contributed by atoms with Crippen molar-refractivity contribution in [3.63, 3.8) is 0 Å². The fourth-order valence-electron chi connectivity index (χ4n) is 3.72. The summed E-state index contributed by atoms with van der Waals surface area (Å²) >= 11 is 0. The Labute approximate surface area is 118 Å². The van der Waals surface area contributed by atoms with Crippen LogP contribution in [0.25, 0.3) is 0 Å². The van der Waals surface area contributed by atoms with Gasteiger partial charge in [0.05, 0.1) is 18.3 Å². The molecule has 1 saturated carbocycles. The van der Waals surface area contributed by atoms with Crippen molar-refractivity contribution < 1.29 is 9.47 Å². The molecule has 1 heterocycles. The van der Waals surface area contributed by atoms with E-state index in [2.05, 4.69) is 19.2 Å². The summed E-state index contributed by atoms with van der Waals surface area (Å²) in [4.78, 5) is 0.